The molecule has 0 fully saturated rings. The van der Waals surface area contributed by atoms with Gasteiger partial charge in [-0.05, 0) is 12.1 Å². The first-order valence-corrected chi connectivity index (χ1v) is 6.22. The van der Waals surface area contributed by atoms with Crippen LogP contribution in [0.4, 0.5) is 5.69 Å². The largest absolute Gasteiger partial charge is 0.491 e. The Bertz CT molecular complexity index is 614. The third-order valence-electron chi connectivity index (χ3n) is 2.60. The fraction of sp³-hybridized carbons (Fsp3) is 0.308. The molecule has 0 amide bonds. The Labute approximate surface area is 121 Å². The fourth-order valence-corrected chi connectivity index (χ4v) is 1.63. The number of benzene rings is 1. The summed E-state index contributed by atoms with van der Waals surface area (Å²) in [5.74, 6) is -0.108. The molecule has 2 aromatic rings. The van der Waals surface area contributed by atoms with E-state index < -0.39 is 12.1 Å². The number of carbonyl (C=O) groups is 1. The lowest BCUT2D eigenvalue weighted by atomic mass is 10.3. The smallest absolute Gasteiger partial charge is 0.377 e. The zero-order valence-electron chi connectivity index (χ0n) is 11.5. The van der Waals surface area contributed by atoms with Crippen molar-refractivity contribution in [3.63, 3.8) is 0 Å². The Kier molecular flexibility index (Phi) is 4.72. The maximum atomic E-state index is 11.2. The van der Waals surface area contributed by atoms with Crippen LogP contribution in [0, 0.1) is 0 Å². The summed E-state index contributed by atoms with van der Waals surface area (Å²) in [6.45, 7) is 0.211. The van der Waals surface area contributed by atoms with E-state index in [1.807, 2.05) is 0 Å². The number of ether oxygens (including phenoxy) is 2. The topological polar surface area (TPSA) is 112 Å². The number of aliphatic hydroxyl groups is 1. The molecule has 0 aliphatic heterocycles. The summed E-state index contributed by atoms with van der Waals surface area (Å²) in [5, 5.41) is 13.8. The molecule has 0 saturated heterocycles. The molecular weight excluding hydrogens is 276 g/mol. The molecule has 1 heterocycles. The minimum atomic E-state index is -0.807. The average molecular weight is 292 g/mol. The number of hydrogen-bond acceptors (Lipinski definition) is 7. The van der Waals surface area contributed by atoms with Crippen LogP contribution in [0.25, 0.3) is 0 Å². The number of hydrogen-bond donors (Lipinski definition) is 2. The van der Waals surface area contributed by atoms with E-state index in [2.05, 4.69) is 14.8 Å². The maximum absolute atomic E-state index is 11.2. The molecule has 8 heteroatoms. The lowest BCUT2D eigenvalue weighted by Crippen LogP contribution is -2.24. The van der Waals surface area contributed by atoms with Crippen molar-refractivity contribution in [2.24, 2.45) is 0 Å². The summed E-state index contributed by atoms with van der Waals surface area (Å²) in [7, 11) is 1.25. The Morgan fingerprint density at radius 1 is 1.52 bits per heavy atom. The molecule has 0 aliphatic rings. The molecule has 0 spiro atoms. The molecule has 2 rings (SSSR count). The predicted molar refractivity (Wildman–Crippen MR) is 73.7 cm³/mol. The molecule has 0 bridgehead atoms. The highest BCUT2D eigenvalue weighted by Crippen LogP contribution is 2.14. The molecule has 21 heavy (non-hydrogen) atoms. The average Bonchev–Trinajstić information content (AvgIpc) is 2.93. The highest BCUT2D eigenvalue weighted by atomic mass is 16.5. The minimum absolute atomic E-state index is 0.0542. The Hall–Kier alpha value is -2.61. The van der Waals surface area contributed by atoms with Gasteiger partial charge in [0.2, 0.25) is 0 Å². The monoisotopic (exact) mass is 292 g/mol. The number of esters is 1. The van der Waals surface area contributed by atoms with Crippen LogP contribution in [0.5, 0.6) is 5.75 Å². The Morgan fingerprint density at radius 2 is 2.33 bits per heavy atom. The van der Waals surface area contributed by atoms with E-state index in [9.17, 15) is 9.90 Å². The van der Waals surface area contributed by atoms with Crippen LogP contribution in [-0.4, -0.2) is 45.7 Å². The third-order valence-corrected chi connectivity index (χ3v) is 2.60. The van der Waals surface area contributed by atoms with E-state index in [4.69, 9.17) is 10.5 Å². The first-order chi connectivity index (χ1) is 10.1. The molecule has 1 unspecified atom stereocenters. The quantitative estimate of drug-likeness (QED) is 0.573. The normalized spacial score (nSPS) is 11.9. The summed E-state index contributed by atoms with van der Waals surface area (Å²) < 4.78 is 11.3. The minimum Gasteiger partial charge on any atom is -0.491 e. The SMILES string of the molecule is COC(=O)c1ncn(CC(O)COc2cccc(N)c2)n1. The standard InChI is InChI=1S/C13H16N4O4/c1-20-13(19)12-15-8-17(16-12)6-10(18)7-21-11-4-2-3-9(14)5-11/h2-5,8,10,18H,6-7,14H2,1H3. The van der Waals surface area contributed by atoms with Gasteiger partial charge in [0.25, 0.3) is 5.82 Å². The molecule has 3 N–H and O–H groups in total. The van der Waals surface area contributed by atoms with Crippen molar-refractivity contribution in [3.05, 3.63) is 36.4 Å². The molecule has 1 aromatic heterocycles. The van der Waals surface area contributed by atoms with Gasteiger partial charge in [-0.15, -0.1) is 5.10 Å². The van der Waals surface area contributed by atoms with E-state index in [1.54, 1.807) is 24.3 Å². The predicted octanol–water partition coefficient (Wildman–Crippen LogP) is 0.0868. The number of nitrogens with two attached hydrogens (primary N) is 1. The summed E-state index contributed by atoms with van der Waals surface area (Å²) in [5.41, 5.74) is 6.21. The van der Waals surface area contributed by atoms with Gasteiger partial charge in [-0.2, -0.15) is 0 Å². The van der Waals surface area contributed by atoms with Crippen molar-refractivity contribution in [2.45, 2.75) is 12.6 Å². The Morgan fingerprint density at radius 3 is 3.05 bits per heavy atom. The summed E-state index contributed by atoms with van der Waals surface area (Å²) in [6.07, 6.45) is 0.536. The fourth-order valence-electron chi connectivity index (χ4n) is 1.63. The second-order valence-electron chi connectivity index (χ2n) is 4.32. The number of aliphatic hydroxyl groups excluding tert-OH is 1. The summed E-state index contributed by atoms with van der Waals surface area (Å²) >= 11 is 0. The van der Waals surface area contributed by atoms with Crippen LogP contribution in [-0.2, 0) is 11.3 Å². The van der Waals surface area contributed by atoms with Crippen molar-refractivity contribution in [1.82, 2.24) is 14.8 Å². The Balaban J connectivity index is 1.85. The van der Waals surface area contributed by atoms with E-state index in [-0.39, 0.29) is 19.0 Å². The molecule has 1 atom stereocenters. The maximum Gasteiger partial charge on any atom is 0.377 e. The lowest BCUT2D eigenvalue weighted by molar-refractivity contribution is 0.0583. The summed E-state index contributed by atoms with van der Waals surface area (Å²) in [4.78, 5) is 15.0. The molecule has 0 saturated carbocycles. The van der Waals surface area contributed by atoms with Crippen molar-refractivity contribution < 1.29 is 19.4 Å². The number of carbonyl (C=O) groups excluding carboxylic acids is 1. The second kappa shape index (κ2) is 6.71. The number of aromatic nitrogens is 3. The van der Waals surface area contributed by atoms with Crippen LogP contribution in [0.3, 0.4) is 0 Å². The van der Waals surface area contributed by atoms with Crippen molar-refractivity contribution in [2.75, 3.05) is 19.5 Å². The van der Waals surface area contributed by atoms with Gasteiger partial charge in [0, 0.05) is 11.8 Å². The van der Waals surface area contributed by atoms with E-state index >= 15 is 0 Å². The molecule has 8 nitrogen and oxygen atoms in total. The van der Waals surface area contributed by atoms with Gasteiger partial charge >= 0.3 is 5.97 Å². The van der Waals surface area contributed by atoms with E-state index in [1.165, 1.54) is 18.1 Å². The molecule has 112 valence electrons. The van der Waals surface area contributed by atoms with Crippen LogP contribution in [0.1, 0.15) is 10.6 Å². The number of anilines is 1. The van der Waals surface area contributed by atoms with Gasteiger partial charge in [-0.1, -0.05) is 6.07 Å². The van der Waals surface area contributed by atoms with E-state index in [0.717, 1.165) is 0 Å². The lowest BCUT2D eigenvalue weighted by Gasteiger charge is -2.12. The van der Waals surface area contributed by atoms with Crippen LogP contribution < -0.4 is 10.5 Å². The van der Waals surface area contributed by atoms with Gasteiger partial charge in [0.1, 0.15) is 24.8 Å². The molecule has 0 aliphatic carbocycles. The van der Waals surface area contributed by atoms with Gasteiger partial charge in [-0.25, -0.2) is 14.5 Å². The number of nitrogen functional groups attached to an aromatic ring is 1. The van der Waals surface area contributed by atoms with Crippen LogP contribution >= 0.6 is 0 Å². The highest BCUT2D eigenvalue weighted by molar-refractivity contribution is 5.84. The molecule has 0 radical (unpaired) electrons. The summed E-state index contributed by atoms with van der Waals surface area (Å²) in [6, 6.07) is 6.91. The zero-order valence-corrected chi connectivity index (χ0v) is 11.5. The van der Waals surface area contributed by atoms with Crippen molar-refractivity contribution >= 4 is 11.7 Å². The zero-order chi connectivity index (χ0) is 15.2. The van der Waals surface area contributed by atoms with E-state index in [0.29, 0.717) is 11.4 Å². The third kappa shape index (κ3) is 4.18. The number of rotatable bonds is 6. The second-order valence-corrected chi connectivity index (χ2v) is 4.32. The van der Waals surface area contributed by atoms with Crippen LogP contribution in [0.2, 0.25) is 0 Å². The number of methoxy groups -OCH3 is 1. The highest BCUT2D eigenvalue weighted by Gasteiger charge is 2.13. The van der Waals surface area contributed by atoms with Gasteiger partial charge < -0.3 is 20.3 Å². The molecular formula is C13H16N4O4. The molecule has 1 aromatic carbocycles. The van der Waals surface area contributed by atoms with Crippen molar-refractivity contribution in [1.29, 1.82) is 0 Å². The first-order valence-electron chi connectivity index (χ1n) is 6.22. The van der Waals surface area contributed by atoms with Crippen molar-refractivity contribution in [3.8, 4) is 5.75 Å². The van der Waals surface area contributed by atoms with Gasteiger partial charge in [0.05, 0.1) is 13.7 Å². The number of nitrogens with zero attached hydrogens (tertiary/aromatic N) is 3. The van der Waals surface area contributed by atoms with Crippen LogP contribution in [0.15, 0.2) is 30.6 Å². The van der Waals surface area contributed by atoms with Gasteiger partial charge in [0.15, 0.2) is 0 Å². The first kappa shape index (κ1) is 14.8. The van der Waals surface area contributed by atoms with Gasteiger partial charge in [-0.3, -0.25) is 0 Å².